The van der Waals surface area contributed by atoms with Crippen molar-refractivity contribution in [3.8, 4) is 0 Å². The lowest BCUT2D eigenvalue weighted by molar-refractivity contribution is 0.265. The van der Waals surface area contributed by atoms with Crippen molar-refractivity contribution in [3.63, 3.8) is 0 Å². The normalized spacial score (nSPS) is 39.8. The molecule has 0 aromatic carbocycles. The monoisotopic (exact) mass is 132 g/mol. The van der Waals surface area contributed by atoms with Gasteiger partial charge in [-0.2, -0.15) is 0 Å². The zero-order chi connectivity index (χ0) is 5.98. The molecule has 0 aliphatic carbocycles. The molecule has 1 nitrogen and oxygen atoms in total. The third-order valence-corrected chi connectivity index (χ3v) is 2.11. The second-order valence-electron chi connectivity index (χ2n) is 2.53. The second kappa shape index (κ2) is 2.74. The lowest BCUT2D eigenvalue weighted by Gasteiger charge is -2.21. The molecule has 2 heteroatoms. The maximum Gasteiger partial charge on any atom is 0.0639 e. The SMILES string of the molecule is CC1COSC(C)C1. The predicted molar refractivity (Wildman–Crippen MR) is 36.8 cm³/mol. The van der Waals surface area contributed by atoms with Crippen molar-refractivity contribution in [2.75, 3.05) is 6.61 Å². The van der Waals surface area contributed by atoms with Crippen molar-refractivity contribution in [1.82, 2.24) is 0 Å². The highest BCUT2D eigenvalue weighted by atomic mass is 32.2. The van der Waals surface area contributed by atoms with Crippen LogP contribution in [0.5, 0.6) is 0 Å². The van der Waals surface area contributed by atoms with Crippen molar-refractivity contribution >= 4 is 12.0 Å². The van der Waals surface area contributed by atoms with E-state index in [1.165, 1.54) is 6.42 Å². The fourth-order valence-electron chi connectivity index (χ4n) is 0.946. The average molecular weight is 132 g/mol. The Labute approximate surface area is 55.0 Å². The van der Waals surface area contributed by atoms with E-state index >= 15 is 0 Å². The van der Waals surface area contributed by atoms with Gasteiger partial charge in [-0.25, -0.2) is 0 Å². The molecule has 1 fully saturated rings. The van der Waals surface area contributed by atoms with Gasteiger partial charge in [-0.3, -0.25) is 0 Å². The Balaban J connectivity index is 2.23. The molecule has 1 aliphatic heterocycles. The first-order valence-corrected chi connectivity index (χ1v) is 3.88. The van der Waals surface area contributed by atoms with E-state index < -0.39 is 0 Å². The zero-order valence-corrected chi connectivity index (χ0v) is 6.20. The summed E-state index contributed by atoms with van der Waals surface area (Å²) < 4.78 is 5.21. The second-order valence-corrected chi connectivity index (χ2v) is 3.77. The van der Waals surface area contributed by atoms with Crippen LogP contribution in [-0.4, -0.2) is 11.9 Å². The van der Waals surface area contributed by atoms with Gasteiger partial charge in [-0.1, -0.05) is 13.8 Å². The molecule has 0 saturated carbocycles. The molecule has 48 valence electrons. The molecular formula is C6H12OS. The van der Waals surface area contributed by atoms with Gasteiger partial charge in [0.2, 0.25) is 0 Å². The van der Waals surface area contributed by atoms with E-state index in [0.717, 1.165) is 12.5 Å². The van der Waals surface area contributed by atoms with Gasteiger partial charge in [0.15, 0.2) is 0 Å². The van der Waals surface area contributed by atoms with Crippen LogP contribution in [-0.2, 0) is 4.18 Å². The lowest BCUT2D eigenvalue weighted by atomic mass is 10.1. The average Bonchev–Trinajstić information content (AvgIpc) is 1.64. The maximum atomic E-state index is 5.21. The van der Waals surface area contributed by atoms with Crippen LogP contribution in [0.4, 0.5) is 0 Å². The summed E-state index contributed by atoms with van der Waals surface area (Å²) in [7, 11) is 0. The molecule has 0 bridgehead atoms. The zero-order valence-electron chi connectivity index (χ0n) is 5.39. The minimum atomic E-state index is 0.707. The smallest absolute Gasteiger partial charge is 0.0639 e. The largest absolute Gasteiger partial charge is 0.315 e. The first-order chi connectivity index (χ1) is 3.79. The Morgan fingerprint density at radius 3 is 2.62 bits per heavy atom. The van der Waals surface area contributed by atoms with Gasteiger partial charge in [0.25, 0.3) is 0 Å². The first kappa shape index (κ1) is 6.43. The molecule has 0 radical (unpaired) electrons. The Morgan fingerprint density at radius 2 is 2.25 bits per heavy atom. The van der Waals surface area contributed by atoms with E-state index in [4.69, 9.17) is 4.18 Å². The highest BCUT2D eigenvalue weighted by Gasteiger charge is 2.15. The minimum absolute atomic E-state index is 0.707. The van der Waals surface area contributed by atoms with Gasteiger partial charge in [-0.15, -0.1) is 0 Å². The van der Waals surface area contributed by atoms with Crippen molar-refractivity contribution in [2.24, 2.45) is 5.92 Å². The lowest BCUT2D eigenvalue weighted by Crippen LogP contribution is -2.15. The molecular weight excluding hydrogens is 120 g/mol. The topological polar surface area (TPSA) is 9.23 Å². The summed E-state index contributed by atoms with van der Waals surface area (Å²) in [6, 6.07) is 0. The van der Waals surface area contributed by atoms with Gasteiger partial charge >= 0.3 is 0 Å². The first-order valence-electron chi connectivity index (χ1n) is 3.07. The molecule has 0 aromatic rings. The van der Waals surface area contributed by atoms with Crippen LogP contribution < -0.4 is 0 Å². The molecule has 1 rings (SSSR count). The van der Waals surface area contributed by atoms with E-state index in [-0.39, 0.29) is 0 Å². The van der Waals surface area contributed by atoms with Gasteiger partial charge in [-0.05, 0) is 24.4 Å². The van der Waals surface area contributed by atoms with E-state index in [0.29, 0.717) is 5.25 Å². The molecule has 8 heavy (non-hydrogen) atoms. The third-order valence-electron chi connectivity index (χ3n) is 1.32. The molecule has 0 amide bonds. The van der Waals surface area contributed by atoms with Crippen molar-refractivity contribution < 1.29 is 4.18 Å². The number of hydrogen-bond donors (Lipinski definition) is 0. The van der Waals surface area contributed by atoms with Gasteiger partial charge in [0.1, 0.15) is 0 Å². The highest BCUT2D eigenvalue weighted by Crippen LogP contribution is 2.26. The molecule has 0 aromatic heterocycles. The fraction of sp³-hybridized carbons (Fsp3) is 1.00. The molecule has 1 aliphatic rings. The summed E-state index contributed by atoms with van der Waals surface area (Å²) in [4.78, 5) is 0. The molecule has 1 heterocycles. The Bertz CT molecular complexity index is 66.9. The van der Waals surface area contributed by atoms with Crippen molar-refractivity contribution in [1.29, 1.82) is 0 Å². The van der Waals surface area contributed by atoms with Crippen molar-refractivity contribution in [3.05, 3.63) is 0 Å². The standard InChI is InChI=1S/C6H12OS/c1-5-3-6(2)8-7-4-5/h5-6H,3-4H2,1-2H3. The van der Waals surface area contributed by atoms with E-state index in [1.807, 2.05) is 0 Å². The maximum absolute atomic E-state index is 5.21. The van der Waals surface area contributed by atoms with Gasteiger partial charge in [0, 0.05) is 5.25 Å². The summed E-state index contributed by atoms with van der Waals surface area (Å²) >= 11 is 1.62. The fourth-order valence-corrected chi connectivity index (χ4v) is 1.90. The van der Waals surface area contributed by atoms with Crippen LogP contribution in [0.1, 0.15) is 20.3 Å². The van der Waals surface area contributed by atoms with Crippen LogP contribution in [0.15, 0.2) is 0 Å². The van der Waals surface area contributed by atoms with Crippen LogP contribution >= 0.6 is 12.0 Å². The number of rotatable bonds is 0. The van der Waals surface area contributed by atoms with Gasteiger partial charge in [0.05, 0.1) is 6.61 Å². The Morgan fingerprint density at radius 1 is 1.50 bits per heavy atom. The van der Waals surface area contributed by atoms with E-state index in [2.05, 4.69) is 13.8 Å². The summed E-state index contributed by atoms with van der Waals surface area (Å²) in [6.07, 6.45) is 1.31. The molecule has 1 saturated heterocycles. The molecule has 0 N–H and O–H groups in total. The van der Waals surface area contributed by atoms with E-state index in [9.17, 15) is 0 Å². The molecule has 2 atom stereocenters. The van der Waals surface area contributed by atoms with Crippen LogP contribution in [0.2, 0.25) is 0 Å². The Kier molecular flexibility index (Phi) is 2.20. The van der Waals surface area contributed by atoms with Gasteiger partial charge < -0.3 is 4.18 Å². The quantitative estimate of drug-likeness (QED) is 0.467. The number of hydrogen-bond acceptors (Lipinski definition) is 2. The van der Waals surface area contributed by atoms with Crippen LogP contribution in [0, 0.1) is 5.92 Å². The summed E-state index contributed by atoms with van der Waals surface area (Å²) in [5.74, 6) is 0.770. The van der Waals surface area contributed by atoms with Crippen LogP contribution in [0.25, 0.3) is 0 Å². The van der Waals surface area contributed by atoms with Crippen LogP contribution in [0.3, 0.4) is 0 Å². The minimum Gasteiger partial charge on any atom is -0.315 e. The van der Waals surface area contributed by atoms with Crippen molar-refractivity contribution in [2.45, 2.75) is 25.5 Å². The summed E-state index contributed by atoms with van der Waals surface area (Å²) in [6.45, 7) is 5.38. The predicted octanol–water partition coefficient (Wildman–Crippen LogP) is 2.08. The summed E-state index contributed by atoms with van der Waals surface area (Å²) in [5.41, 5.74) is 0. The summed E-state index contributed by atoms with van der Waals surface area (Å²) in [5, 5.41) is 0.707. The Hall–Kier alpha value is 0.310. The van der Waals surface area contributed by atoms with E-state index in [1.54, 1.807) is 12.0 Å². The highest BCUT2D eigenvalue weighted by molar-refractivity contribution is 7.95. The molecule has 0 spiro atoms. The third kappa shape index (κ3) is 1.67. The molecule has 2 unspecified atom stereocenters.